The molecule has 156 valence electrons. The largest absolute Gasteiger partial charge is 0.759 e. The Morgan fingerprint density at radius 3 is 2.33 bits per heavy atom. The number of amides is 1. The number of rotatable bonds is 7. The summed E-state index contributed by atoms with van der Waals surface area (Å²) in [6.45, 7) is 2.18. The molecule has 0 aliphatic rings. The quantitative estimate of drug-likeness (QED) is 0.552. The highest BCUT2D eigenvalue weighted by Gasteiger charge is 2.25. The lowest BCUT2D eigenvalue weighted by molar-refractivity contribution is 0.0970. The molecule has 0 unspecified atom stereocenters. The van der Waals surface area contributed by atoms with E-state index in [1.54, 1.807) is 24.3 Å². The maximum Gasteiger partial charge on any atom is 0.243 e. The van der Waals surface area contributed by atoms with E-state index in [1.807, 2.05) is 31.2 Å². The van der Waals surface area contributed by atoms with Crippen LogP contribution in [0, 0.1) is 12.1 Å². The molecule has 0 radical (unpaired) electrons. The molecule has 0 aliphatic heterocycles. The second-order valence-electron chi connectivity index (χ2n) is 6.79. The van der Waals surface area contributed by atoms with Crippen molar-refractivity contribution in [2.24, 2.45) is 0 Å². The summed E-state index contributed by atoms with van der Waals surface area (Å²) in [6, 6.07) is 19.9. The van der Waals surface area contributed by atoms with Crippen molar-refractivity contribution in [1.29, 1.82) is 0 Å². The van der Waals surface area contributed by atoms with E-state index >= 15 is 0 Å². The molecule has 8 heteroatoms. The van der Waals surface area contributed by atoms with Crippen LogP contribution in [0.15, 0.2) is 77.7 Å². The Kier molecular flexibility index (Phi) is 6.89. The molecule has 3 rings (SSSR count). The summed E-state index contributed by atoms with van der Waals surface area (Å²) in [5, 5.41) is 10.9. The standard InChI is InChI=1S/C22H20ClN2O4S/c1-16-5-2-3-6-19(16)15-25(30(28,29)21-8-4-7-20(23)13-21)14-17-9-11-18(12-10-17)22(26)24-27/h2-13H,14-15H2,1H3,(H-,24,26,27)/q-1. The van der Waals surface area contributed by atoms with Crippen LogP contribution in [0.1, 0.15) is 27.0 Å². The number of hydrogen-bond acceptors (Lipinski definition) is 4. The van der Waals surface area contributed by atoms with Crippen molar-refractivity contribution < 1.29 is 13.2 Å². The SMILES string of the molecule is Cc1ccccc1CN(Cc1ccc(C(=O)N[O-])cc1)S(=O)(=O)c1cccc(Cl)c1. The summed E-state index contributed by atoms with van der Waals surface area (Å²) in [6.07, 6.45) is 0. The number of aryl methyl sites for hydroxylation is 1. The second-order valence-corrected chi connectivity index (χ2v) is 9.16. The highest BCUT2D eigenvalue weighted by atomic mass is 35.5. The van der Waals surface area contributed by atoms with Crippen molar-refractivity contribution in [3.8, 4) is 0 Å². The number of hydrogen-bond donors (Lipinski definition) is 1. The molecule has 0 bridgehead atoms. The fourth-order valence-electron chi connectivity index (χ4n) is 3.00. The molecule has 0 aliphatic carbocycles. The van der Waals surface area contributed by atoms with Crippen molar-refractivity contribution in [3.05, 3.63) is 105 Å². The van der Waals surface area contributed by atoms with E-state index in [4.69, 9.17) is 11.6 Å². The maximum absolute atomic E-state index is 13.4. The molecule has 1 amide bonds. The van der Waals surface area contributed by atoms with Gasteiger partial charge in [0, 0.05) is 23.7 Å². The third kappa shape index (κ3) is 5.06. The Balaban J connectivity index is 1.97. The van der Waals surface area contributed by atoms with Crippen LogP contribution in [0.5, 0.6) is 0 Å². The molecule has 3 aromatic carbocycles. The van der Waals surface area contributed by atoms with E-state index in [-0.39, 0.29) is 23.5 Å². The summed E-state index contributed by atoms with van der Waals surface area (Å²) in [7, 11) is -3.85. The molecular formula is C22H20ClN2O4S-. The molecule has 0 saturated carbocycles. The second kappa shape index (κ2) is 9.40. The predicted octanol–water partition coefficient (Wildman–Crippen LogP) is 4.27. The summed E-state index contributed by atoms with van der Waals surface area (Å²) < 4.78 is 28.1. The number of sulfonamides is 1. The minimum absolute atomic E-state index is 0.0858. The van der Waals surface area contributed by atoms with E-state index in [9.17, 15) is 18.4 Å². The Bertz CT molecular complexity index is 1150. The first-order chi connectivity index (χ1) is 14.3. The Labute approximate surface area is 180 Å². The van der Waals surface area contributed by atoms with Crippen LogP contribution in [0.4, 0.5) is 0 Å². The Morgan fingerprint density at radius 1 is 1.00 bits per heavy atom. The minimum atomic E-state index is -3.85. The minimum Gasteiger partial charge on any atom is -0.759 e. The zero-order valence-corrected chi connectivity index (χ0v) is 17.8. The van der Waals surface area contributed by atoms with Gasteiger partial charge in [0.2, 0.25) is 15.9 Å². The van der Waals surface area contributed by atoms with Crippen LogP contribution < -0.4 is 5.48 Å². The molecule has 30 heavy (non-hydrogen) atoms. The van der Waals surface area contributed by atoms with Crippen LogP contribution in [-0.4, -0.2) is 18.6 Å². The average Bonchev–Trinajstić information content (AvgIpc) is 2.74. The number of nitrogens with one attached hydrogen (secondary N) is 1. The molecule has 1 N–H and O–H groups in total. The topological polar surface area (TPSA) is 89.5 Å². The van der Waals surface area contributed by atoms with Gasteiger partial charge in [-0.2, -0.15) is 4.31 Å². The van der Waals surface area contributed by atoms with Crippen molar-refractivity contribution in [3.63, 3.8) is 0 Å². The zero-order valence-electron chi connectivity index (χ0n) is 16.2. The van der Waals surface area contributed by atoms with Crippen molar-refractivity contribution in [1.82, 2.24) is 9.79 Å². The summed E-state index contributed by atoms with van der Waals surface area (Å²) in [5.41, 5.74) is 4.06. The van der Waals surface area contributed by atoms with Crippen molar-refractivity contribution in [2.45, 2.75) is 24.9 Å². The van der Waals surface area contributed by atoms with Gasteiger partial charge >= 0.3 is 0 Å². The molecule has 3 aromatic rings. The molecule has 0 heterocycles. The Hall–Kier alpha value is -2.71. The summed E-state index contributed by atoms with van der Waals surface area (Å²) in [4.78, 5) is 11.6. The zero-order chi connectivity index (χ0) is 21.7. The van der Waals surface area contributed by atoms with Gasteiger partial charge in [0.05, 0.1) is 4.90 Å². The molecule has 0 aromatic heterocycles. The normalized spacial score (nSPS) is 11.5. The average molecular weight is 444 g/mol. The van der Waals surface area contributed by atoms with Gasteiger partial charge in [-0.25, -0.2) is 8.42 Å². The lowest BCUT2D eigenvalue weighted by Gasteiger charge is -2.23. The fourth-order valence-corrected chi connectivity index (χ4v) is 4.71. The van der Waals surface area contributed by atoms with Crippen LogP contribution in [0.3, 0.4) is 0 Å². The third-order valence-corrected chi connectivity index (χ3v) is 6.73. The van der Waals surface area contributed by atoms with Crippen LogP contribution >= 0.6 is 11.6 Å². The number of benzene rings is 3. The van der Waals surface area contributed by atoms with E-state index in [2.05, 4.69) is 0 Å². The first kappa shape index (κ1) is 22.0. The van der Waals surface area contributed by atoms with Gasteiger partial charge in [-0.15, -0.1) is 0 Å². The first-order valence-electron chi connectivity index (χ1n) is 9.13. The van der Waals surface area contributed by atoms with Crippen LogP contribution in [0.2, 0.25) is 5.02 Å². The van der Waals surface area contributed by atoms with E-state index < -0.39 is 15.9 Å². The van der Waals surface area contributed by atoms with Gasteiger partial charge in [0.15, 0.2) is 0 Å². The first-order valence-corrected chi connectivity index (χ1v) is 10.9. The van der Waals surface area contributed by atoms with Gasteiger partial charge in [-0.3, -0.25) is 4.79 Å². The highest BCUT2D eigenvalue weighted by molar-refractivity contribution is 7.89. The molecule has 0 atom stereocenters. The van der Waals surface area contributed by atoms with E-state index in [0.717, 1.165) is 11.1 Å². The van der Waals surface area contributed by atoms with Gasteiger partial charge in [-0.1, -0.05) is 54.1 Å². The number of nitrogens with zero attached hydrogens (tertiary/aromatic N) is 1. The van der Waals surface area contributed by atoms with Crippen molar-refractivity contribution in [2.75, 3.05) is 0 Å². The summed E-state index contributed by atoms with van der Waals surface area (Å²) in [5.74, 6) is -0.745. The van der Waals surface area contributed by atoms with Gasteiger partial charge < -0.3 is 10.7 Å². The monoisotopic (exact) mass is 443 g/mol. The lowest BCUT2D eigenvalue weighted by atomic mass is 10.1. The number of halogens is 1. The number of hydroxylamine groups is 1. The van der Waals surface area contributed by atoms with Gasteiger partial charge in [0.1, 0.15) is 0 Å². The van der Waals surface area contributed by atoms with Crippen molar-refractivity contribution >= 4 is 27.5 Å². The third-order valence-electron chi connectivity index (χ3n) is 4.71. The van der Waals surface area contributed by atoms with Crippen LogP contribution in [-0.2, 0) is 23.1 Å². The smallest absolute Gasteiger partial charge is 0.243 e. The maximum atomic E-state index is 13.4. The van der Waals surface area contributed by atoms with Gasteiger partial charge in [-0.05, 0) is 53.9 Å². The molecule has 0 spiro atoms. The lowest BCUT2D eigenvalue weighted by Crippen LogP contribution is -2.30. The van der Waals surface area contributed by atoms with Crippen LogP contribution in [0.25, 0.3) is 0 Å². The summed E-state index contributed by atoms with van der Waals surface area (Å²) >= 11 is 6.02. The number of carbonyl (C=O) groups is 1. The molecular weight excluding hydrogens is 424 g/mol. The van der Waals surface area contributed by atoms with E-state index in [0.29, 0.717) is 10.6 Å². The Morgan fingerprint density at radius 2 is 1.70 bits per heavy atom. The molecule has 0 saturated heterocycles. The molecule has 0 fully saturated rings. The van der Waals surface area contributed by atoms with Gasteiger partial charge in [0.25, 0.3) is 0 Å². The van der Waals surface area contributed by atoms with E-state index in [1.165, 1.54) is 34.1 Å². The molecule has 6 nitrogen and oxygen atoms in total. The predicted molar refractivity (Wildman–Crippen MR) is 116 cm³/mol. The highest BCUT2D eigenvalue weighted by Crippen LogP contribution is 2.24. The number of carbonyl (C=O) groups excluding carboxylic acids is 1. The fraction of sp³-hybridized carbons (Fsp3) is 0.136.